The number of nitrogens with two attached hydrogens (primary N) is 1. The normalized spacial score (nSPS) is 37.2. The lowest BCUT2D eigenvalue weighted by Crippen LogP contribution is -2.51. The van der Waals surface area contributed by atoms with Crippen LogP contribution in [-0.2, 0) is 4.74 Å². The summed E-state index contributed by atoms with van der Waals surface area (Å²) >= 11 is 0. The Bertz CT molecular complexity index is 325. The number of nitrogens with zero attached hydrogens (tertiary/aromatic N) is 1. The molecule has 2 N–H and O–H groups in total. The van der Waals surface area contributed by atoms with E-state index in [2.05, 4.69) is 39.5 Å². The van der Waals surface area contributed by atoms with E-state index in [4.69, 9.17) is 10.5 Å². The van der Waals surface area contributed by atoms with Crippen LogP contribution in [0.15, 0.2) is 0 Å². The van der Waals surface area contributed by atoms with Gasteiger partial charge in [-0.05, 0) is 53.5 Å². The first-order chi connectivity index (χ1) is 9.28. The van der Waals surface area contributed by atoms with E-state index in [0.717, 1.165) is 12.6 Å². The van der Waals surface area contributed by atoms with Crippen molar-refractivity contribution in [2.24, 2.45) is 11.7 Å². The van der Waals surface area contributed by atoms with Crippen molar-refractivity contribution < 1.29 is 4.74 Å². The Labute approximate surface area is 125 Å². The van der Waals surface area contributed by atoms with Crippen LogP contribution in [0.3, 0.4) is 0 Å². The van der Waals surface area contributed by atoms with Gasteiger partial charge in [-0.25, -0.2) is 0 Å². The number of rotatable bonds is 4. The van der Waals surface area contributed by atoms with Crippen molar-refractivity contribution in [3.8, 4) is 0 Å². The zero-order valence-electron chi connectivity index (χ0n) is 14.1. The van der Waals surface area contributed by atoms with Gasteiger partial charge in [-0.15, -0.1) is 0 Å². The fraction of sp³-hybridized carbons (Fsp3) is 1.00. The molecular weight excluding hydrogens is 248 g/mol. The van der Waals surface area contributed by atoms with Gasteiger partial charge >= 0.3 is 0 Å². The van der Waals surface area contributed by atoms with E-state index in [1.54, 1.807) is 0 Å². The van der Waals surface area contributed by atoms with Crippen LogP contribution in [0.4, 0.5) is 0 Å². The summed E-state index contributed by atoms with van der Waals surface area (Å²) in [6, 6.07) is 0.891. The van der Waals surface area contributed by atoms with Crippen LogP contribution in [0.5, 0.6) is 0 Å². The summed E-state index contributed by atoms with van der Waals surface area (Å²) in [5, 5.41) is 0. The molecule has 0 saturated carbocycles. The number of piperidine rings is 1. The molecule has 2 aliphatic heterocycles. The monoisotopic (exact) mass is 282 g/mol. The van der Waals surface area contributed by atoms with E-state index in [-0.39, 0.29) is 17.2 Å². The van der Waals surface area contributed by atoms with E-state index in [1.807, 2.05) is 0 Å². The molecule has 0 amide bonds. The molecule has 0 aromatic carbocycles. The highest BCUT2D eigenvalue weighted by Gasteiger charge is 2.52. The predicted molar refractivity (Wildman–Crippen MR) is 84.8 cm³/mol. The molecule has 3 unspecified atom stereocenters. The van der Waals surface area contributed by atoms with Crippen molar-refractivity contribution in [1.29, 1.82) is 0 Å². The average Bonchev–Trinajstić information content (AvgIpc) is 2.50. The molecule has 3 heteroatoms. The van der Waals surface area contributed by atoms with Gasteiger partial charge in [-0.2, -0.15) is 0 Å². The largest absolute Gasteiger partial charge is 0.368 e. The van der Waals surface area contributed by atoms with Crippen molar-refractivity contribution in [2.45, 2.75) is 90.0 Å². The van der Waals surface area contributed by atoms with Crippen molar-refractivity contribution in [3.63, 3.8) is 0 Å². The first kappa shape index (κ1) is 16.3. The molecule has 2 fully saturated rings. The summed E-state index contributed by atoms with van der Waals surface area (Å²) in [5.41, 5.74) is 6.20. The van der Waals surface area contributed by atoms with Gasteiger partial charge in [-0.3, -0.25) is 4.90 Å². The highest BCUT2D eigenvalue weighted by Crippen LogP contribution is 2.42. The fourth-order valence-electron chi connectivity index (χ4n) is 4.29. The van der Waals surface area contributed by atoms with Crippen LogP contribution < -0.4 is 5.73 Å². The van der Waals surface area contributed by atoms with E-state index in [0.29, 0.717) is 5.92 Å². The van der Waals surface area contributed by atoms with Gasteiger partial charge in [0.05, 0.1) is 11.2 Å². The fourth-order valence-corrected chi connectivity index (χ4v) is 4.29. The van der Waals surface area contributed by atoms with Crippen LogP contribution in [-0.4, -0.2) is 41.3 Å². The molecule has 20 heavy (non-hydrogen) atoms. The molecule has 2 saturated heterocycles. The van der Waals surface area contributed by atoms with Gasteiger partial charge in [0.1, 0.15) is 0 Å². The van der Waals surface area contributed by atoms with Gasteiger partial charge in [-0.1, -0.05) is 19.8 Å². The minimum atomic E-state index is -0.204. The first-order valence-corrected chi connectivity index (χ1v) is 8.47. The molecule has 118 valence electrons. The number of ether oxygens (including phenoxy) is 1. The molecule has 0 aromatic heterocycles. The zero-order chi connectivity index (χ0) is 15.0. The molecule has 2 aliphatic rings. The molecule has 0 bridgehead atoms. The van der Waals surface area contributed by atoms with Gasteiger partial charge in [0.15, 0.2) is 0 Å². The lowest BCUT2D eigenvalue weighted by Gasteiger charge is -2.40. The quantitative estimate of drug-likeness (QED) is 0.860. The van der Waals surface area contributed by atoms with Crippen molar-refractivity contribution in [3.05, 3.63) is 0 Å². The van der Waals surface area contributed by atoms with Crippen LogP contribution in [0.2, 0.25) is 0 Å². The summed E-state index contributed by atoms with van der Waals surface area (Å²) in [4.78, 5) is 2.70. The third-order valence-electron chi connectivity index (χ3n) is 5.46. The van der Waals surface area contributed by atoms with Crippen LogP contribution in [0, 0.1) is 5.92 Å². The highest BCUT2D eigenvalue weighted by atomic mass is 16.5. The van der Waals surface area contributed by atoms with Gasteiger partial charge in [0, 0.05) is 24.5 Å². The maximum atomic E-state index is 6.52. The molecule has 0 aliphatic carbocycles. The number of likely N-dealkylation sites (tertiary alicyclic amines) is 1. The third-order valence-corrected chi connectivity index (χ3v) is 5.46. The first-order valence-electron chi connectivity index (χ1n) is 8.47. The standard InChI is InChI=1S/C17H34N2O/c1-6-9-13-10-7-8-11-19(13)12-14-15(18)17(4,5)20-16(14,2)3/h13-15H,6-12,18H2,1-5H3. The highest BCUT2D eigenvalue weighted by molar-refractivity contribution is 5.05. The van der Waals surface area contributed by atoms with Gasteiger partial charge < -0.3 is 10.5 Å². The summed E-state index contributed by atoms with van der Waals surface area (Å²) < 4.78 is 6.25. The van der Waals surface area contributed by atoms with Crippen LogP contribution in [0.25, 0.3) is 0 Å². The topological polar surface area (TPSA) is 38.5 Å². The molecule has 0 spiro atoms. The average molecular weight is 282 g/mol. The number of hydrogen-bond donors (Lipinski definition) is 1. The van der Waals surface area contributed by atoms with E-state index in [1.165, 1.54) is 38.6 Å². The van der Waals surface area contributed by atoms with Gasteiger partial charge in [0.2, 0.25) is 0 Å². The van der Waals surface area contributed by atoms with E-state index < -0.39 is 0 Å². The Balaban J connectivity index is 2.07. The maximum absolute atomic E-state index is 6.52. The Morgan fingerprint density at radius 2 is 1.85 bits per heavy atom. The maximum Gasteiger partial charge on any atom is 0.0788 e. The molecule has 2 rings (SSSR count). The summed E-state index contributed by atoms with van der Waals surface area (Å²) in [6.45, 7) is 13.3. The van der Waals surface area contributed by atoms with Crippen molar-refractivity contribution >= 4 is 0 Å². The van der Waals surface area contributed by atoms with Crippen LogP contribution >= 0.6 is 0 Å². The predicted octanol–water partition coefficient (Wildman–Crippen LogP) is 3.17. The molecule has 0 radical (unpaired) electrons. The molecular formula is C17H34N2O. The minimum absolute atomic E-state index is 0.114. The van der Waals surface area contributed by atoms with E-state index >= 15 is 0 Å². The second-order valence-electron chi connectivity index (χ2n) is 7.87. The Morgan fingerprint density at radius 3 is 2.40 bits per heavy atom. The molecule has 2 heterocycles. The van der Waals surface area contributed by atoms with Crippen molar-refractivity contribution in [2.75, 3.05) is 13.1 Å². The van der Waals surface area contributed by atoms with E-state index in [9.17, 15) is 0 Å². The summed E-state index contributed by atoms with van der Waals surface area (Å²) in [7, 11) is 0. The molecule has 3 nitrogen and oxygen atoms in total. The SMILES string of the molecule is CCCC1CCCCN1CC1C(N)C(C)(C)OC1(C)C. The lowest BCUT2D eigenvalue weighted by molar-refractivity contribution is -0.0798. The Hall–Kier alpha value is -0.120. The summed E-state index contributed by atoms with van der Waals surface area (Å²) in [6.07, 6.45) is 6.70. The molecule has 0 aromatic rings. The van der Waals surface area contributed by atoms with Crippen LogP contribution in [0.1, 0.15) is 66.7 Å². The summed E-state index contributed by atoms with van der Waals surface area (Å²) in [5.74, 6) is 0.426. The lowest BCUT2D eigenvalue weighted by atomic mass is 9.82. The van der Waals surface area contributed by atoms with Gasteiger partial charge in [0.25, 0.3) is 0 Å². The zero-order valence-corrected chi connectivity index (χ0v) is 14.1. The third kappa shape index (κ3) is 3.20. The smallest absolute Gasteiger partial charge is 0.0788 e. The Morgan fingerprint density at radius 1 is 1.15 bits per heavy atom. The number of hydrogen-bond acceptors (Lipinski definition) is 3. The van der Waals surface area contributed by atoms with Crippen molar-refractivity contribution in [1.82, 2.24) is 4.90 Å². The minimum Gasteiger partial charge on any atom is -0.368 e. The molecule has 3 atom stereocenters. The Kier molecular flexibility index (Phi) is 4.83. The second-order valence-corrected chi connectivity index (χ2v) is 7.87. The second kappa shape index (κ2) is 5.94.